The molecule has 13 heavy (non-hydrogen) atoms. The predicted molar refractivity (Wildman–Crippen MR) is 45.2 cm³/mol. The Balaban J connectivity index is 2.14. The van der Waals surface area contributed by atoms with Crippen molar-refractivity contribution in [2.24, 2.45) is 7.05 Å². The third-order valence-electron chi connectivity index (χ3n) is 2.32. The molecule has 2 heterocycles. The number of aliphatic hydroxyl groups excluding tert-OH is 1. The summed E-state index contributed by atoms with van der Waals surface area (Å²) in [5.41, 5.74) is 0.815. The van der Waals surface area contributed by atoms with Crippen LogP contribution < -0.4 is 0 Å². The van der Waals surface area contributed by atoms with E-state index >= 15 is 0 Å². The van der Waals surface area contributed by atoms with E-state index < -0.39 is 0 Å². The largest absolute Gasteiger partial charge is 0.392 e. The lowest BCUT2D eigenvalue weighted by atomic mass is 9.96. The first-order valence-electron chi connectivity index (χ1n) is 4.39. The average Bonchev–Trinajstić information content (AvgIpc) is 2.53. The predicted octanol–water partition coefficient (Wildman–Crippen LogP) is -0.320. The molecule has 5 heteroatoms. The highest BCUT2D eigenvalue weighted by molar-refractivity contribution is 5.05. The van der Waals surface area contributed by atoms with Gasteiger partial charge in [0.1, 0.15) is 0 Å². The molecule has 5 nitrogen and oxygen atoms in total. The minimum Gasteiger partial charge on any atom is -0.392 e. The van der Waals surface area contributed by atoms with Crippen molar-refractivity contribution in [3.63, 3.8) is 0 Å². The van der Waals surface area contributed by atoms with Gasteiger partial charge in [0, 0.05) is 19.9 Å². The number of ether oxygens (including phenoxy) is 1. The van der Waals surface area contributed by atoms with Crippen molar-refractivity contribution in [2.75, 3.05) is 13.2 Å². The number of aromatic nitrogens is 3. The van der Waals surface area contributed by atoms with E-state index in [1.165, 1.54) is 0 Å². The Kier molecular flexibility index (Phi) is 2.28. The van der Waals surface area contributed by atoms with Crippen LogP contribution in [0.25, 0.3) is 0 Å². The summed E-state index contributed by atoms with van der Waals surface area (Å²) in [5, 5.41) is 17.5. The van der Waals surface area contributed by atoms with E-state index in [2.05, 4.69) is 10.3 Å². The standard InChI is InChI=1S/C8H13N3O2/c1-11-4-7(9-10-11)6-5-13-3-2-8(6)12/h4,6,8,12H,2-3,5H2,1H3. The van der Waals surface area contributed by atoms with Crippen molar-refractivity contribution < 1.29 is 9.84 Å². The Bertz CT molecular complexity index is 287. The van der Waals surface area contributed by atoms with Gasteiger partial charge >= 0.3 is 0 Å². The molecule has 0 saturated carbocycles. The fourth-order valence-corrected chi connectivity index (χ4v) is 1.54. The van der Waals surface area contributed by atoms with Gasteiger partial charge in [-0.25, -0.2) is 0 Å². The molecule has 0 aliphatic carbocycles. The number of aryl methyl sites for hydroxylation is 1. The SMILES string of the molecule is Cn1cc(C2COCCC2O)nn1. The Morgan fingerprint density at radius 1 is 1.69 bits per heavy atom. The number of rotatable bonds is 1. The Morgan fingerprint density at radius 2 is 2.54 bits per heavy atom. The van der Waals surface area contributed by atoms with E-state index in [9.17, 15) is 5.11 Å². The molecule has 2 atom stereocenters. The van der Waals surface area contributed by atoms with Gasteiger partial charge in [-0.1, -0.05) is 5.21 Å². The van der Waals surface area contributed by atoms with Gasteiger partial charge in [-0.15, -0.1) is 5.10 Å². The van der Waals surface area contributed by atoms with Crippen molar-refractivity contribution in [3.8, 4) is 0 Å². The summed E-state index contributed by atoms with van der Waals surface area (Å²) in [7, 11) is 1.81. The van der Waals surface area contributed by atoms with Gasteiger partial charge < -0.3 is 9.84 Å². The van der Waals surface area contributed by atoms with E-state index in [1.807, 2.05) is 13.2 Å². The molecule has 0 bridgehead atoms. The summed E-state index contributed by atoms with van der Waals surface area (Å²) in [6.07, 6.45) is 2.16. The van der Waals surface area contributed by atoms with Crippen LogP contribution in [-0.2, 0) is 11.8 Å². The Hall–Kier alpha value is -0.940. The maximum Gasteiger partial charge on any atom is 0.0906 e. The molecule has 1 saturated heterocycles. The molecule has 1 aromatic heterocycles. The van der Waals surface area contributed by atoms with Gasteiger partial charge in [0.05, 0.1) is 24.3 Å². The maximum absolute atomic E-state index is 9.67. The Morgan fingerprint density at radius 3 is 3.15 bits per heavy atom. The summed E-state index contributed by atoms with van der Waals surface area (Å²) in [6.45, 7) is 1.18. The molecular formula is C8H13N3O2. The zero-order valence-electron chi connectivity index (χ0n) is 7.55. The number of hydrogen-bond donors (Lipinski definition) is 1. The minimum atomic E-state index is -0.342. The van der Waals surface area contributed by atoms with Crippen molar-refractivity contribution in [1.82, 2.24) is 15.0 Å². The highest BCUT2D eigenvalue weighted by Gasteiger charge is 2.27. The number of aliphatic hydroxyl groups is 1. The second-order valence-electron chi connectivity index (χ2n) is 3.35. The molecule has 1 fully saturated rings. The molecule has 1 aliphatic rings. The van der Waals surface area contributed by atoms with E-state index in [-0.39, 0.29) is 12.0 Å². The molecule has 1 aromatic rings. The zero-order valence-corrected chi connectivity index (χ0v) is 7.55. The lowest BCUT2D eigenvalue weighted by molar-refractivity contribution is -0.00714. The molecule has 0 spiro atoms. The van der Waals surface area contributed by atoms with Crippen LogP contribution in [0.1, 0.15) is 18.0 Å². The van der Waals surface area contributed by atoms with Crippen molar-refractivity contribution in [1.29, 1.82) is 0 Å². The normalized spacial score (nSPS) is 29.1. The van der Waals surface area contributed by atoms with Gasteiger partial charge in [0.15, 0.2) is 0 Å². The molecule has 0 radical (unpaired) electrons. The second-order valence-corrected chi connectivity index (χ2v) is 3.35. The van der Waals surface area contributed by atoms with Crippen LogP contribution in [0.3, 0.4) is 0 Å². The summed E-state index contributed by atoms with van der Waals surface area (Å²) >= 11 is 0. The summed E-state index contributed by atoms with van der Waals surface area (Å²) < 4.78 is 6.91. The zero-order chi connectivity index (χ0) is 9.26. The summed E-state index contributed by atoms with van der Waals surface area (Å²) in [6, 6.07) is 0. The third-order valence-corrected chi connectivity index (χ3v) is 2.32. The van der Waals surface area contributed by atoms with Crippen LogP contribution in [0, 0.1) is 0 Å². The fourth-order valence-electron chi connectivity index (χ4n) is 1.54. The summed E-state index contributed by atoms with van der Waals surface area (Å²) in [4.78, 5) is 0. The van der Waals surface area contributed by atoms with Crippen molar-refractivity contribution >= 4 is 0 Å². The van der Waals surface area contributed by atoms with E-state index in [4.69, 9.17) is 4.74 Å². The molecule has 72 valence electrons. The first-order valence-corrected chi connectivity index (χ1v) is 4.39. The third kappa shape index (κ3) is 1.71. The molecule has 1 N–H and O–H groups in total. The monoisotopic (exact) mass is 183 g/mol. The van der Waals surface area contributed by atoms with Crippen LogP contribution in [0.4, 0.5) is 0 Å². The highest BCUT2D eigenvalue weighted by atomic mass is 16.5. The van der Waals surface area contributed by atoms with Gasteiger partial charge in [0.2, 0.25) is 0 Å². The van der Waals surface area contributed by atoms with Gasteiger partial charge in [0.25, 0.3) is 0 Å². The number of nitrogens with zero attached hydrogens (tertiary/aromatic N) is 3. The number of hydrogen-bond acceptors (Lipinski definition) is 4. The van der Waals surface area contributed by atoms with E-state index in [1.54, 1.807) is 4.68 Å². The lowest BCUT2D eigenvalue weighted by Gasteiger charge is -2.25. The van der Waals surface area contributed by atoms with Crippen LogP contribution in [0.5, 0.6) is 0 Å². The van der Waals surface area contributed by atoms with Gasteiger partial charge in [-0.2, -0.15) is 0 Å². The quantitative estimate of drug-likeness (QED) is 0.648. The minimum absolute atomic E-state index is 0.0116. The lowest BCUT2D eigenvalue weighted by Crippen LogP contribution is -2.30. The van der Waals surface area contributed by atoms with Gasteiger partial charge in [-0.3, -0.25) is 4.68 Å². The average molecular weight is 183 g/mol. The summed E-state index contributed by atoms with van der Waals surface area (Å²) in [5.74, 6) is -0.0116. The van der Waals surface area contributed by atoms with Crippen LogP contribution in [0.15, 0.2) is 6.20 Å². The maximum atomic E-state index is 9.67. The van der Waals surface area contributed by atoms with Crippen LogP contribution in [0.2, 0.25) is 0 Å². The van der Waals surface area contributed by atoms with Gasteiger partial charge in [-0.05, 0) is 6.42 Å². The Labute approximate surface area is 76.3 Å². The topological polar surface area (TPSA) is 60.2 Å². The van der Waals surface area contributed by atoms with E-state index in [0.717, 1.165) is 5.69 Å². The van der Waals surface area contributed by atoms with Crippen LogP contribution >= 0.6 is 0 Å². The molecule has 0 aromatic carbocycles. The molecule has 2 unspecified atom stereocenters. The first-order chi connectivity index (χ1) is 6.27. The molecular weight excluding hydrogens is 170 g/mol. The first kappa shape index (κ1) is 8.65. The molecule has 2 rings (SSSR count). The van der Waals surface area contributed by atoms with E-state index in [0.29, 0.717) is 19.6 Å². The molecule has 0 amide bonds. The van der Waals surface area contributed by atoms with Crippen molar-refractivity contribution in [2.45, 2.75) is 18.4 Å². The van der Waals surface area contributed by atoms with Crippen LogP contribution in [-0.4, -0.2) is 39.4 Å². The molecule has 1 aliphatic heterocycles. The second kappa shape index (κ2) is 3.43. The fraction of sp³-hybridized carbons (Fsp3) is 0.750. The van der Waals surface area contributed by atoms with Crippen molar-refractivity contribution in [3.05, 3.63) is 11.9 Å². The smallest absolute Gasteiger partial charge is 0.0906 e. The highest BCUT2D eigenvalue weighted by Crippen LogP contribution is 2.23.